The summed E-state index contributed by atoms with van der Waals surface area (Å²) in [6, 6.07) is 4.23. The van der Waals surface area contributed by atoms with Gasteiger partial charge in [0.15, 0.2) is 0 Å². The standard InChI is InChI=1S/C14H19N3S/c1-2-8-17(9-3-1)10-7-16-14-12-5-11-18-13(12)4-6-15-14/h4-6,11H,1-3,7-10H2,(H,15,16). The van der Waals surface area contributed by atoms with Gasteiger partial charge < -0.3 is 10.2 Å². The van der Waals surface area contributed by atoms with Gasteiger partial charge in [0.2, 0.25) is 0 Å². The maximum absolute atomic E-state index is 4.44. The van der Waals surface area contributed by atoms with Gasteiger partial charge in [-0.2, -0.15) is 0 Å². The second-order valence-electron chi connectivity index (χ2n) is 4.82. The monoisotopic (exact) mass is 261 g/mol. The number of nitrogens with zero attached hydrogens (tertiary/aromatic N) is 2. The zero-order chi connectivity index (χ0) is 12.2. The highest BCUT2D eigenvalue weighted by Crippen LogP contribution is 2.25. The highest BCUT2D eigenvalue weighted by Gasteiger charge is 2.09. The van der Waals surface area contributed by atoms with Gasteiger partial charge in [-0.15, -0.1) is 11.3 Å². The van der Waals surface area contributed by atoms with E-state index in [9.17, 15) is 0 Å². The van der Waals surface area contributed by atoms with Gasteiger partial charge in [0, 0.05) is 29.4 Å². The Morgan fingerprint density at radius 3 is 3.00 bits per heavy atom. The number of anilines is 1. The minimum atomic E-state index is 0.988. The van der Waals surface area contributed by atoms with Crippen LogP contribution in [0.25, 0.3) is 10.1 Å². The number of hydrogen-bond donors (Lipinski definition) is 1. The number of fused-ring (bicyclic) bond motifs is 1. The van der Waals surface area contributed by atoms with E-state index in [1.54, 1.807) is 11.3 Å². The van der Waals surface area contributed by atoms with Crippen molar-refractivity contribution in [3.8, 4) is 0 Å². The molecule has 1 aliphatic rings. The number of piperidine rings is 1. The molecule has 3 heterocycles. The topological polar surface area (TPSA) is 28.2 Å². The second kappa shape index (κ2) is 5.67. The van der Waals surface area contributed by atoms with Gasteiger partial charge in [0.25, 0.3) is 0 Å². The molecule has 0 bridgehead atoms. The Bertz CT molecular complexity index is 502. The maximum Gasteiger partial charge on any atom is 0.134 e. The van der Waals surface area contributed by atoms with Crippen LogP contribution in [0.5, 0.6) is 0 Å². The summed E-state index contributed by atoms with van der Waals surface area (Å²) in [5.41, 5.74) is 0. The molecule has 1 N–H and O–H groups in total. The fraction of sp³-hybridized carbons (Fsp3) is 0.500. The van der Waals surface area contributed by atoms with Crippen LogP contribution in [0.3, 0.4) is 0 Å². The number of nitrogens with one attached hydrogen (secondary N) is 1. The number of hydrogen-bond acceptors (Lipinski definition) is 4. The first-order valence-electron chi connectivity index (χ1n) is 6.72. The van der Waals surface area contributed by atoms with Crippen molar-refractivity contribution in [2.45, 2.75) is 19.3 Å². The molecule has 1 fully saturated rings. The van der Waals surface area contributed by atoms with Crippen LogP contribution in [0.15, 0.2) is 23.7 Å². The SMILES string of the molecule is c1cc2sccc2c(NCCN2CCCCC2)n1. The molecule has 0 atom stereocenters. The molecule has 3 nitrogen and oxygen atoms in total. The normalized spacial score (nSPS) is 17.1. The third-order valence-corrected chi connectivity index (χ3v) is 4.43. The maximum atomic E-state index is 4.44. The summed E-state index contributed by atoms with van der Waals surface area (Å²) in [5.74, 6) is 1.03. The lowest BCUT2D eigenvalue weighted by Crippen LogP contribution is -2.33. The number of thiophene rings is 1. The van der Waals surface area contributed by atoms with E-state index in [0.717, 1.165) is 18.9 Å². The predicted octanol–water partition coefficient (Wildman–Crippen LogP) is 3.19. The highest BCUT2D eigenvalue weighted by atomic mass is 32.1. The summed E-state index contributed by atoms with van der Waals surface area (Å²) in [4.78, 5) is 6.98. The van der Waals surface area contributed by atoms with Gasteiger partial charge in [-0.3, -0.25) is 0 Å². The molecule has 3 rings (SSSR count). The minimum Gasteiger partial charge on any atom is -0.368 e. The van der Waals surface area contributed by atoms with Gasteiger partial charge in [-0.05, 0) is 43.4 Å². The molecule has 0 aromatic carbocycles. The van der Waals surface area contributed by atoms with E-state index in [0.29, 0.717) is 0 Å². The Morgan fingerprint density at radius 2 is 2.11 bits per heavy atom. The summed E-state index contributed by atoms with van der Waals surface area (Å²) in [7, 11) is 0. The third-order valence-electron chi connectivity index (χ3n) is 3.55. The van der Waals surface area contributed by atoms with Crippen molar-refractivity contribution >= 4 is 27.2 Å². The Kier molecular flexibility index (Phi) is 3.76. The smallest absolute Gasteiger partial charge is 0.134 e. The Hall–Kier alpha value is -1.13. The Labute approximate surface area is 112 Å². The molecule has 4 heteroatoms. The van der Waals surface area contributed by atoms with E-state index >= 15 is 0 Å². The summed E-state index contributed by atoms with van der Waals surface area (Å²) < 4.78 is 1.31. The van der Waals surface area contributed by atoms with Crippen LogP contribution in [0.2, 0.25) is 0 Å². The van der Waals surface area contributed by atoms with E-state index in [-0.39, 0.29) is 0 Å². The van der Waals surface area contributed by atoms with Crippen LogP contribution >= 0.6 is 11.3 Å². The van der Waals surface area contributed by atoms with Crippen molar-refractivity contribution in [1.82, 2.24) is 9.88 Å². The zero-order valence-corrected chi connectivity index (χ0v) is 11.4. The number of likely N-dealkylation sites (tertiary alicyclic amines) is 1. The molecule has 0 aliphatic carbocycles. The van der Waals surface area contributed by atoms with Crippen molar-refractivity contribution < 1.29 is 0 Å². The molecule has 1 saturated heterocycles. The van der Waals surface area contributed by atoms with Crippen molar-refractivity contribution in [1.29, 1.82) is 0 Å². The lowest BCUT2D eigenvalue weighted by Gasteiger charge is -2.26. The van der Waals surface area contributed by atoms with Crippen LogP contribution < -0.4 is 5.32 Å². The van der Waals surface area contributed by atoms with Gasteiger partial charge in [0.05, 0.1) is 0 Å². The summed E-state index contributed by atoms with van der Waals surface area (Å²) in [5, 5.41) is 6.85. The lowest BCUT2D eigenvalue weighted by molar-refractivity contribution is 0.237. The summed E-state index contributed by atoms with van der Waals surface area (Å²) in [6.07, 6.45) is 6.01. The van der Waals surface area contributed by atoms with Gasteiger partial charge in [-0.25, -0.2) is 4.98 Å². The molecule has 0 amide bonds. The zero-order valence-electron chi connectivity index (χ0n) is 10.6. The van der Waals surface area contributed by atoms with Crippen LogP contribution in [0, 0.1) is 0 Å². The average Bonchev–Trinajstić information content (AvgIpc) is 2.89. The van der Waals surface area contributed by atoms with E-state index in [1.165, 1.54) is 42.4 Å². The third kappa shape index (κ3) is 2.65. The first-order chi connectivity index (χ1) is 8.93. The van der Waals surface area contributed by atoms with Gasteiger partial charge >= 0.3 is 0 Å². The predicted molar refractivity (Wildman–Crippen MR) is 78.4 cm³/mol. The van der Waals surface area contributed by atoms with Crippen LogP contribution in [0.1, 0.15) is 19.3 Å². The highest BCUT2D eigenvalue weighted by molar-refractivity contribution is 7.17. The quantitative estimate of drug-likeness (QED) is 0.916. The van der Waals surface area contributed by atoms with E-state index in [1.807, 2.05) is 6.20 Å². The van der Waals surface area contributed by atoms with Crippen LogP contribution in [0.4, 0.5) is 5.82 Å². The van der Waals surface area contributed by atoms with Crippen molar-refractivity contribution in [2.24, 2.45) is 0 Å². The second-order valence-corrected chi connectivity index (χ2v) is 5.77. The van der Waals surface area contributed by atoms with E-state index < -0.39 is 0 Å². The van der Waals surface area contributed by atoms with Crippen molar-refractivity contribution in [2.75, 3.05) is 31.5 Å². The molecule has 0 unspecified atom stereocenters. The molecule has 1 aliphatic heterocycles. The summed E-state index contributed by atoms with van der Waals surface area (Å²) >= 11 is 1.77. The first kappa shape index (κ1) is 11.9. The molecule has 0 saturated carbocycles. The van der Waals surface area contributed by atoms with Crippen molar-refractivity contribution in [3.63, 3.8) is 0 Å². The van der Waals surface area contributed by atoms with Crippen LogP contribution in [-0.4, -0.2) is 36.1 Å². The molecule has 0 spiro atoms. The molecule has 96 valence electrons. The minimum absolute atomic E-state index is 0.988. The average molecular weight is 261 g/mol. The molecular weight excluding hydrogens is 242 g/mol. The fourth-order valence-corrected chi connectivity index (χ4v) is 3.33. The van der Waals surface area contributed by atoms with E-state index in [2.05, 4.69) is 32.7 Å². The molecule has 2 aromatic rings. The molecule has 0 radical (unpaired) electrons. The Morgan fingerprint density at radius 1 is 1.22 bits per heavy atom. The lowest BCUT2D eigenvalue weighted by atomic mass is 10.1. The van der Waals surface area contributed by atoms with E-state index in [4.69, 9.17) is 0 Å². The number of pyridine rings is 1. The fourth-order valence-electron chi connectivity index (χ4n) is 2.55. The number of rotatable bonds is 4. The molecular formula is C14H19N3S. The number of aromatic nitrogens is 1. The molecule has 2 aromatic heterocycles. The Balaban J connectivity index is 1.57. The van der Waals surface area contributed by atoms with Crippen LogP contribution in [-0.2, 0) is 0 Å². The molecule has 18 heavy (non-hydrogen) atoms. The van der Waals surface area contributed by atoms with Gasteiger partial charge in [-0.1, -0.05) is 6.42 Å². The van der Waals surface area contributed by atoms with Gasteiger partial charge in [0.1, 0.15) is 5.82 Å². The van der Waals surface area contributed by atoms with Crippen molar-refractivity contribution in [3.05, 3.63) is 23.7 Å². The summed E-state index contributed by atoms with van der Waals surface area (Å²) in [6.45, 7) is 4.64. The largest absolute Gasteiger partial charge is 0.368 e. The first-order valence-corrected chi connectivity index (χ1v) is 7.60.